The van der Waals surface area contributed by atoms with Gasteiger partial charge in [0.15, 0.2) is 11.5 Å². The van der Waals surface area contributed by atoms with Gasteiger partial charge in [0, 0.05) is 6.42 Å². The number of aromatic amines is 1. The van der Waals surface area contributed by atoms with Crippen molar-refractivity contribution < 1.29 is 9.53 Å². The van der Waals surface area contributed by atoms with Crippen molar-refractivity contribution in [1.29, 1.82) is 0 Å². The number of fused-ring (bicyclic) bond motifs is 1. The van der Waals surface area contributed by atoms with Crippen molar-refractivity contribution in [3.8, 4) is 0 Å². The van der Waals surface area contributed by atoms with Crippen LogP contribution in [0.5, 0.6) is 0 Å². The molecule has 7 heteroatoms. The van der Waals surface area contributed by atoms with Crippen LogP contribution in [0.2, 0.25) is 0 Å². The maximum atomic E-state index is 11.7. The summed E-state index contributed by atoms with van der Waals surface area (Å²) in [7, 11) is 0. The summed E-state index contributed by atoms with van der Waals surface area (Å²) in [5.41, 5.74) is 9.05. The van der Waals surface area contributed by atoms with Crippen molar-refractivity contribution in [2.45, 2.75) is 32.8 Å². The first kappa shape index (κ1) is 15.9. The number of anilines is 1. The normalized spacial score (nSPS) is 11.1. The number of ether oxygens (including phenoxy) is 1. The molecular formula is C17H19N5O2. The molecule has 0 amide bonds. The molecule has 0 aliphatic carbocycles. The van der Waals surface area contributed by atoms with E-state index in [1.807, 2.05) is 38.1 Å². The molecule has 0 fully saturated rings. The molecule has 0 saturated carbocycles. The van der Waals surface area contributed by atoms with Crippen LogP contribution in [0, 0.1) is 0 Å². The fourth-order valence-corrected chi connectivity index (χ4v) is 2.41. The van der Waals surface area contributed by atoms with E-state index in [4.69, 9.17) is 10.5 Å². The number of hydrogen-bond acceptors (Lipinski definition) is 6. The van der Waals surface area contributed by atoms with E-state index in [0.29, 0.717) is 29.2 Å². The molecule has 3 N–H and O–H groups in total. The number of carbonyl (C=O) groups is 1. The fraction of sp³-hybridized carbons (Fsp3) is 0.294. The van der Waals surface area contributed by atoms with Gasteiger partial charge in [0.1, 0.15) is 11.3 Å². The summed E-state index contributed by atoms with van der Waals surface area (Å²) in [5, 5.41) is 0. The quantitative estimate of drug-likeness (QED) is 0.695. The molecule has 24 heavy (non-hydrogen) atoms. The maximum Gasteiger partial charge on any atom is 0.310 e. The zero-order valence-electron chi connectivity index (χ0n) is 13.6. The van der Waals surface area contributed by atoms with Gasteiger partial charge in [-0.2, -0.15) is 0 Å². The number of imidazole rings is 1. The second-order valence-corrected chi connectivity index (χ2v) is 5.83. The molecule has 7 nitrogen and oxygen atoms in total. The third kappa shape index (κ3) is 3.68. The first-order valence-electron chi connectivity index (χ1n) is 7.74. The maximum absolute atomic E-state index is 11.7. The Bertz CT molecular complexity index is 855. The Hall–Kier alpha value is -2.96. The van der Waals surface area contributed by atoms with Gasteiger partial charge in [0.2, 0.25) is 0 Å². The lowest BCUT2D eigenvalue weighted by molar-refractivity contribution is -0.146. The number of hydrogen-bond donors (Lipinski definition) is 2. The number of nitrogens with one attached hydrogen (secondary N) is 1. The summed E-state index contributed by atoms with van der Waals surface area (Å²) < 4.78 is 5.14. The summed E-state index contributed by atoms with van der Waals surface area (Å²) >= 11 is 0. The number of benzene rings is 1. The van der Waals surface area contributed by atoms with Crippen molar-refractivity contribution in [3.05, 3.63) is 47.5 Å². The highest BCUT2D eigenvalue weighted by atomic mass is 16.5. The summed E-state index contributed by atoms with van der Waals surface area (Å²) in [6, 6.07) is 7.72. The standard InChI is InChI=1S/C17H19N5O2/c1-10(2)24-14(23)8-12-5-3-11(4-6-12)7-13-21-16(18)15-17(22-13)20-9-19-15/h3-6,9-10H,7-8H2,1-2H3,(H3,18,19,20,21,22). The number of H-pyrrole nitrogens is 1. The Morgan fingerprint density at radius 3 is 2.62 bits per heavy atom. The minimum Gasteiger partial charge on any atom is -0.463 e. The zero-order chi connectivity index (χ0) is 17.1. The first-order chi connectivity index (χ1) is 11.5. The van der Waals surface area contributed by atoms with Crippen LogP contribution in [0.25, 0.3) is 11.2 Å². The molecule has 0 spiro atoms. The molecule has 0 saturated heterocycles. The van der Waals surface area contributed by atoms with E-state index in [0.717, 1.165) is 11.1 Å². The van der Waals surface area contributed by atoms with Crippen LogP contribution in [0.1, 0.15) is 30.8 Å². The topological polar surface area (TPSA) is 107 Å². The van der Waals surface area contributed by atoms with Crippen LogP contribution in [-0.4, -0.2) is 32.0 Å². The van der Waals surface area contributed by atoms with Gasteiger partial charge in [-0.25, -0.2) is 15.0 Å². The molecule has 3 rings (SSSR count). The number of rotatable bonds is 5. The van der Waals surface area contributed by atoms with E-state index in [9.17, 15) is 4.79 Å². The Morgan fingerprint density at radius 2 is 1.92 bits per heavy atom. The third-order valence-corrected chi connectivity index (χ3v) is 3.46. The summed E-state index contributed by atoms with van der Waals surface area (Å²) in [6.45, 7) is 3.67. The van der Waals surface area contributed by atoms with Gasteiger partial charge in [-0.05, 0) is 25.0 Å². The molecule has 0 atom stereocenters. The highest BCUT2D eigenvalue weighted by Gasteiger charge is 2.09. The summed E-state index contributed by atoms with van der Waals surface area (Å²) in [4.78, 5) is 27.4. The average Bonchev–Trinajstić information content (AvgIpc) is 2.97. The molecular weight excluding hydrogens is 306 g/mol. The molecule has 1 aromatic carbocycles. The van der Waals surface area contributed by atoms with E-state index in [1.54, 1.807) is 6.33 Å². The molecule has 2 aromatic heterocycles. The van der Waals surface area contributed by atoms with Crippen LogP contribution < -0.4 is 5.73 Å². The Labute approximate surface area is 139 Å². The number of nitrogens with zero attached hydrogens (tertiary/aromatic N) is 3. The first-order valence-corrected chi connectivity index (χ1v) is 7.74. The van der Waals surface area contributed by atoms with E-state index < -0.39 is 0 Å². The van der Waals surface area contributed by atoms with Gasteiger partial charge in [0.05, 0.1) is 18.9 Å². The molecule has 0 bridgehead atoms. The molecule has 0 unspecified atom stereocenters. The van der Waals surface area contributed by atoms with Crippen LogP contribution in [-0.2, 0) is 22.4 Å². The van der Waals surface area contributed by atoms with Gasteiger partial charge >= 0.3 is 5.97 Å². The minimum atomic E-state index is -0.224. The Kier molecular flexibility index (Phi) is 4.41. The van der Waals surface area contributed by atoms with Crippen LogP contribution in [0.15, 0.2) is 30.6 Å². The number of aromatic nitrogens is 4. The number of carbonyl (C=O) groups excluding carboxylic acids is 1. The van der Waals surface area contributed by atoms with Crippen LogP contribution in [0.4, 0.5) is 5.82 Å². The minimum absolute atomic E-state index is 0.101. The SMILES string of the molecule is CC(C)OC(=O)Cc1ccc(Cc2nc(N)c3[nH]cnc3n2)cc1. The summed E-state index contributed by atoms with van der Waals surface area (Å²) in [5.74, 6) is 0.775. The van der Waals surface area contributed by atoms with E-state index in [1.165, 1.54) is 0 Å². The highest BCUT2D eigenvalue weighted by Crippen LogP contribution is 2.15. The average molecular weight is 325 g/mol. The van der Waals surface area contributed by atoms with Gasteiger partial charge in [-0.15, -0.1) is 0 Å². The van der Waals surface area contributed by atoms with Crippen molar-refractivity contribution >= 4 is 23.0 Å². The van der Waals surface area contributed by atoms with E-state index >= 15 is 0 Å². The van der Waals surface area contributed by atoms with Crippen molar-refractivity contribution in [3.63, 3.8) is 0 Å². The lowest BCUT2D eigenvalue weighted by Gasteiger charge is -2.08. The van der Waals surface area contributed by atoms with E-state index in [2.05, 4.69) is 19.9 Å². The van der Waals surface area contributed by atoms with Crippen molar-refractivity contribution in [2.24, 2.45) is 0 Å². The molecule has 0 aliphatic heterocycles. The lowest BCUT2D eigenvalue weighted by atomic mass is 10.1. The lowest BCUT2D eigenvalue weighted by Crippen LogP contribution is -2.13. The molecule has 2 heterocycles. The second-order valence-electron chi connectivity index (χ2n) is 5.83. The van der Waals surface area contributed by atoms with Crippen molar-refractivity contribution in [1.82, 2.24) is 19.9 Å². The molecule has 0 radical (unpaired) electrons. The fourth-order valence-electron chi connectivity index (χ4n) is 2.41. The van der Waals surface area contributed by atoms with Gasteiger partial charge in [0.25, 0.3) is 0 Å². The number of nitrogens with two attached hydrogens (primary N) is 1. The monoisotopic (exact) mass is 325 g/mol. The Balaban J connectivity index is 1.70. The van der Waals surface area contributed by atoms with Gasteiger partial charge < -0.3 is 15.5 Å². The van der Waals surface area contributed by atoms with Crippen LogP contribution in [0.3, 0.4) is 0 Å². The Morgan fingerprint density at radius 1 is 1.21 bits per heavy atom. The van der Waals surface area contributed by atoms with Gasteiger partial charge in [-0.3, -0.25) is 4.79 Å². The number of esters is 1. The third-order valence-electron chi connectivity index (χ3n) is 3.46. The largest absolute Gasteiger partial charge is 0.463 e. The van der Waals surface area contributed by atoms with Gasteiger partial charge in [-0.1, -0.05) is 24.3 Å². The zero-order valence-corrected chi connectivity index (χ0v) is 13.6. The summed E-state index contributed by atoms with van der Waals surface area (Å²) in [6.07, 6.45) is 2.26. The second kappa shape index (κ2) is 6.66. The number of nitrogen functional groups attached to an aromatic ring is 1. The molecule has 0 aliphatic rings. The van der Waals surface area contributed by atoms with E-state index in [-0.39, 0.29) is 18.5 Å². The molecule has 3 aromatic rings. The van der Waals surface area contributed by atoms with Crippen molar-refractivity contribution in [2.75, 3.05) is 5.73 Å². The smallest absolute Gasteiger partial charge is 0.310 e. The van der Waals surface area contributed by atoms with Crippen LogP contribution >= 0.6 is 0 Å². The molecule has 124 valence electrons. The predicted molar refractivity (Wildman–Crippen MR) is 90.3 cm³/mol. The predicted octanol–water partition coefficient (Wildman–Crippen LogP) is 2.02. The highest BCUT2D eigenvalue weighted by molar-refractivity contribution is 5.80.